The number of Topliss-reactive ketones (excluding diaryl/α,β-unsaturated/α-hetero) is 1. The number of ketones is 1. The second kappa shape index (κ2) is 16.3. The number of hydrogen-bond donors (Lipinski definition) is 0. The maximum Gasteiger partial charge on any atom is 0.133 e. The summed E-state index contributed by atoms with van der Waals surface area (Å²) in [6.07, 6.45) is 15.3. The van der Waals surface area contributed by atoms with Crippen molar-refractivity contribution in [2.24, 2.45) is 5.92 Å². The SMILES string of the molecule is C=C.CC/C=C/C[C@H]1CCC(=O)C[C@@H]1c1ccc(C(C)(C)CCCCCC)cc1OCc1ccccc1. The first-order valence-corrected chi connectivity index (χ1v) is 14.4. The Morgan fingerprint density at radius 2 is 1.76 bits per heavy atom. The van der Waals surface area contributed by atoms with Gasteiger partial charge in [0, 0.05) is 12.8 Å². The molecule has 0 aliphatic heterocycles. The molecule has 0 amide bonds. The molecule has 0 saturated heterocycles. The average molecular weight is 503 g/mol. The number of rotatable bonds is 13. The van der Waals surface area contributed by atoms with Crippen LogP contribution in [0.5, 0.6) is 5.75 Å². The van der Waals surface area contributed by atoms with Crippen molar-refractivity contribution in [3.63, 3.8) is 0 Å². The molecular weight excluding hydrogens is 452 g/mol. The minimum Gasteiger partial charge on any atom is -0.489 e. The van der Waals surface area contributed by atoms with E-state index in [4.69, 9.17) is 4.74 Å². The summed E-state index contributed by atoms with van der Waals surface area (Å²) in [6.45, 7) is 15.7. The van der Waals surface area contributed by atoms with Crippen LogP contribution in [0.4, 0.5) is 0 Å². The Morgan fingerprint density at radius 1 is 1.00 bits per heavy atom. The number of carbonyl (C=O) groups excluding carboxylic acids is 1. The summed E-state index contributed by atoms with van der Waals surface area (Å²) in [5.74, 6) is 2.07. The highest BCUT2D eigenvalue weighted by molar-refractivity contribution is 5.80. The summed E-state index contributed by atoms with van der Waals surface area (Å²) in [6, 6.07) is 17.3. The maximum absolute atomic E-state index is 12.6. The summed E-state index contributed by atoms with van der Waals surface area (Å²) in [7, 11) is 0. The molecule has 0 N–H and O–H groups in total. The summed E-state index contributed by atoms with van der Waals surface area (Å²) in [5.41, 5.74) is 3.83. The van der Waals surface area contributed by atoms with Crippen LogP contribution >= 0.6 is 0 Å². The van der Waals surface area contributed by atoms with Crippen LogP contribution in [-0.4, -0.2) is 5.78 Å². The summed E-state index contributed by atoms with van der Waals surface area (Å²) in [4.78, 5) is 12.6. The fourth-order valence-corrected chi connectivity index (χ4v) is 5.41. The lowest BCUT2D eigenvalue weighted by molar-refractivity contribution is -0.121. The van der Waals surface area contributed by atoms with Gasteiger partial charge in [0.1, 0.15) is 18.1 Å². The van der Waals surface area contributed by atoms with Gasteiger partial charge in [-0.3, -0.25) is 4.79 Å². The molecule has 2 aromatic carbocycles. The molecule has 2 nitrogen and oxygen atoms in total. The van der Waals surface area contributed by atoms with Gasteiger partial charge in [0.25, 0.3) is 0 Å². The van der Waals surface area contributed by atoms with Gasteiger partial charge in [-0.15, -0.1) is 13.2 Å². The van der Waals surface area contributed by atoms with Crippen LogP contribution in [0.15, 0.2) is 73.8 Å². The van der Waals surface area contributed by atoms with Crippen molar-refractivity contribution in [3.8, 4) is 5.75 Å². The smallest absolute Gasteiger partial charge is 0.133 e. The number of unbranched alkanes of at least 4 members (excludes halogenated alkanes) is 3. The van der Waals surface area contributed by atoms with Gasteiger partial charge in [0.2, 0.25) is 0 Å². The monoisotopic (exact) mass is 502 g/mol. The van der Waals surface area contributed by atoms with Crippen LogP contribution in [-0.2, 0) is 16.8 Å². The van der Waals surface area contributed by atoms with Crippen molar-refractivity contribution in [2.45, 2.75) is 110 Å². The van der Waals surface area contributed by atoms with Gasteiger partial charge < -0.3 is 4.74 Å². The molecule has 2 heteroatoms. The summed E-state index contributed by atoms with van der Waals surface area (Å²) < 4.78 is 6.54. The molecule has 0 heterocycles. The van der Waals surface area contributed by atoms with E-state index in [1.807, 2.05) is 6.07 Å². The van der Waals surface area contributed by atoms with Gasteiger partial charge in [-0.1, -0.05) is 108 Å². The van der Waals surface area contributed by atoms with Crippen molar-refractivity contribution in [1.29, 1.82) is 0 Å². The number of hydrogen-bond acceptors (Lipinski definition) is 2. The van der Waals surface area contributed by atoms with Crippen LogP contribution in [0.1, 0.15) is 115 Å². The van der Waals surface area contributed by atoms with Gasteiger partial charge >= 0.3 is 0 Å². The predicted octanol–water partition coefficient (Wildman–Crippen LogP) is 10.1. The predicted molar refractivity (Wildman–Crippen MR) is 159 cm³/mol. The van der Waals surface area contributed by atoms with Crippen molar-refractivity contribution in [2.75, 3.05) is 0 Å². The third-order valence-electron chi connectivity index (χ3n) is 7.74. The van der Waals surface area contributed by atoms with Crippen molar-refractivity contribution < 1.29 is 9.53 Å². The Balaban J connectivity index is 0.00000235. The molecule has 1 fully saturated rings. The molecule has 3 rings (SSSR count). The van der Waals surface area contributed by atoms with E-state index in [2.05, 4.69) is 95.5 Å². The largest absolute Gasteiger partial charge is 0.489 e. The van der Waals surface area contributed by atoms with Gasteiger partial charge in [-0.25, -0.2) is 0 Å². The average Bonchev–Trinajstić information content (AvgIpc) is 2.92. The zero-order valence-electron chi connectivity index (χ0n) is 23.9. The van der Waals surface area contributed by atoms with E-state index >= 15 is 0 Å². The Hall–Kier alpha value is -2.61. The van der Waals surface area contributed by atoms with Gasteiger partial charge in [-0.05, 0) is 65.7 Å². The molecule has 37 heavy (non-hydrogen) atoms. The zero-order valence-corrected chi connectivity index (χ0v) is 23.9. The number of benzene rings is 2. The molecule has 1 aliphatic carbocycles. The highest BCUT2D eigenvalue weighted by atomic mass is 16.5. The summed E-state index contributed by atoms with van der Waals surface area (Å²) >= 11 is 0. The second-order valence-corrected chi connectivity index (χ2v) is 11.0. The molecule has 0 unspecified atom stereocenters. The van der Waals surface area contributed by atoms with Crippen LogP contribution in [0.3, 0.4) is 0 Å². The highest BCUT2D eigenvalue weighted by Crippen LogP contribution is 2.44. The first-order chi connectivity index (χ1) is 17.9. The topological polar surface area (TPSA) is 26.3 Å². The lowest BCUT2D eigenvalue weighted by atomic mass is 9.72. The molecule has 1 aliphatic rings. The van der Waals surface area contributed by atoms with Crippen LogP contribution in [0.25, 0.3) is 0 Å². The van der Waals surface area contributed by atoms with E-state index in [1.54, 1.807) is 0 Å². The molecule has 0 radical (unpaired) electrons. The molecule has 202 valence electrons. The minimum absolute atomic E-state index is 0.1000. The van der Waals surface area contributed by atoms with E-state index in [0.717, 1.165) is 25.0 Å². The van der Waals surface area contributed by atoms with E-state index in [9.17, 15) is 4.79 Å². The normalized spacial score (nSPS) is 17.9. The van der Waals surface area contributed by atoms with E-state index in [-0.39, 0.29) is 11.3 Å². The molecule has 0 aromatic heterocycles. The maximum atomic E-state index is 12.6. The Labute approximate surface area is 227 Å². The number of ether oxygens (including phenoxy) is 1. The van der Waals surface area contributed by atoms with Crippen molar-refractivity contribution in [3.05, 3.63) is 90.5 Å². The fourth-order valence-electron chi connectivity index (χ4n) is 5.41. The third kappa shape index (κ3) is 9.65. The standard InChI is InChI=1S/C33H46O2.C2H4/c1-5-7-9-14-22-33(3,4)28-19-21-30(32(23-28)35-25-26-15-12-10-13-16-26)31-24-29(34)20-18-27(31)17-11-8-6-2;1-2/h8,10-13,15-16,19,21,23,27,31H,5-7,9,14,17-18,20,22,24-25H2,1-4H3;1-2H2/b11-8+;/t27-,31-;/m0./s1. The van der Waals surface area contributed by atoms with Crippen LogP contribution in [0.2, 0.25) is 0 Å². The van der Waals surface area contributed by atoms with Crippen LogP contribution < -0.4 is 4.74 Å². The molecular formula is C35H50O2. The van der Waals surface area contributed by atoms with E-state index in [0.29, 0.717) is 31.1 Å². The lowest BCUT2D eigenvalue weighted by Crippen LogP contribution is -2.24. The molecule has 2 aromatic rings. The van der Waals surface area contributed by atoms with E-state index in [1.165, 1.54) is 48.8 Å². The Kier molecular flexibility index (Phi) is 13.5. The molecule has 1 saturated carbocycles. The fraction of sp³-hybridized carbons (Fsp3) is 0.514. The quantitative estimate of drug-likeness (QED) is 0.201. The molecule has 0 spiro atoms. The van der Waals surface area contributed by atoms with E-state index < -0.39 is 0 Å². The zero-order chi connectivity index (χ0) is 27.1. The Morgan fingerprint density at radius 3 is 2.46 bits per heavy atom. The number of carbonyl (C=O) groups is 1. The first kappa shape index (κ1) is 30.6. The highest BCUT2D eigenvalue weighted by Gasteiger charge is 2.32. The van der Waals surface area contributed by atoms with Crippen LogP contribution in [0, 0.1) is 5.92 Å². The number of allylic oxidation sites excluding steroid dienone is 2. The second-order valence-electron chi connectivity index (χ2n) is 11.0. The van der Waals surface area contributed by atoms with Gasteiger partial charge in [0.05, 0.1) is 0 Å². The first-order valence-electron chi connectivity index (χ1n) is 14.4. The molecule has 0 bridgehead atoms. The minimum atomic E-state index is 0.1000. The van der Waals surface area contributed by atoms with Gasteiger partial charge in [-0.2, -0.15) is 0 Å². The van der Waals surface area contributed by atoms with Gasteiger partial charge in [0.15, 0.2) is 0 Å². The summed E-state index contributed by atoms with van der Waals surface area (Å²) in [5, 5.41) is 0. The Bertz CT molecular complexity index is 956. The third-order valence-corrected chi connectivity index (χ3v) is 7.74. The van der Waals surface area contributed by atoms with Crippen molar-refractivity contribution in [1.82, 2.24) is 0 Å². The lowest BCUT2D eigenvalue weighted by Gasteiger charge is -2.33. The molecule has 2 atom stereocenters. The van der Waals surface area contributed by atoms with Crippen molar-refractivity contribution >= 4 is 5.78 Å².